The van der Waals surface area contributed by atoms with Crippen molar-refractivity contribution >= 4 is 5.69 Å². The number of rotatable bonds is 5. The van der Waals surface area contributed by atoms with Crippen LogP contribution in [-0.4, -0.2) is 24.3 Å². The lowest BCUT2D eigenvalue weighted by molar-refractivity contribution is 0.185. The van der Waals surface area contributed by atoms with Crippen LogP contribution in [0, 0.1) is 6.92 Å². The Morgan fingerprint density at radius 2 is 2.05 bits per heavy atom. The van der Waals surface area contributed by atoms with E-state index in [1.54, 1.807) is 17.7 Å². The maximum Gasteiger partial charge on any atom is 0.252 e. The van der Waals surface area contributed by atoms with E-state index in [1.165, 1.54) is 32.1 Å². The van der Waals surface area contributed by atoms with Crippen LogP contribution in [0.25, 0.3) is 0 Å². The predicted octanol–water partition coefficient (Wildman–Crippen LogP) is 2.55. The summed E-state index contributed by atoms with van der Waals surface area (Å²) < 4.78 is 6.79. The molecule has 1 N–H and O–H groups in total. The highest BCUT2D eigenvalue weighted by molar-refractivity contribution is 5.44. The fourth-order valence-corrected chi connectivity index (χ4v) is 2.76. The zero-order valence-corrected chi connectivity index (χ0v) is 11.9. The number of hydrogen-bond acceptors (Lipinski definition) is 3. The van der Waals surface area contributed by atoms with Crippen LogP contribution in [0.3, 0.4) is 0 Å². The first-order valence-electron chi connectivity index (χ1n) is 7.17. The zero-order chi connectivity index (χ0) is 13.7. The third kappa shape index (κ3) is 3.83. The predicted molar refractivity (Wildman–Crippen MR) is 77.8 cm³/mol. The molecule has 1 aliphatic carbocycles. The number of ether oxygens (including phenoxy) is 1. The SMILES string of the molecule is COCCn1c(C)cc(NC2CCCCC2)cc1=O. The monoisotopic (exact) mass is 264 g/mol. The zero-order valence-electron chi connectivity index (χ0n) is 11.9. The standard InChI is InChI=1S/C15H24N2O2/c1-12-10-14(16-13-6-4-3-5-7-13)11-15(18)17(12)8-9-19-2/h10-11,13,16H,3-9H2,1-2H3. The van der Waals surface area contributed by atoms with Gasteiger partial charge < -0.3 is 14.6 Å². The van der Waals surface area contributed by atoms with Gasteiger partial charge in [0.05, 0.1) is 6.61 Å². The molecule has 0 saturated heterocycles. The topological polar surface area (TPSA) is 43.3 Å². The number of aromatic nitrogens is 1. The van der Waals surface area contributed by atoms with Crippen molar-refractivity contribution < 1.29 is 4.74 Å². The van der Waals surface area contributed by atoms with E-state index in [1.807, 2.05) is 6.92 Å². The maximum absolute atomic E-state index is 12.1. The Morgan fingerprint density at radius 3 is 2.68 bits per heavy atom. The molecule has 1 aliphatic rings. The van der Waals surface area contributed by atoms with Crippen molar-refractivity contribution in [3.63, 3.8) is 0 Å². The van der Waals surface area contributed by atoms with Crippen LogP contribution >= 0.6 is 0 Å². The Balaban J connectivity index is 2.08. The van der Waals surface area contributed by atoms with Crippen molar-refractivity contribution in [2.45, 2.75) is 51.6 Å². The first-order valence-corrected chi connectivity index (χ1v) is 7.17. The van der Waals surface area contributed by atoms with Gasteiger partial charge in [-0.05, 0) is 25.8 Å². The molecule has 1 saturated carbocycles. The molecule has 0 amide bonds. The molecule has 0 aliphatic heterocycles. The molecule has 1 heterocycles. The van der Waals surface area contributed by atoms with Crippen LogP contribution in [0.2, 0.25) is 0 Å². The number of hydrogen-bond donors (Lipinski definition) is 1. The summed E-state index contributed by atoms with van der Waals surface area (Å²) in [4.78, 5) is 12.1. The molecule has 0 radical (unpaired) electrons. The summed E-state index contributed by atoms with van der Waals surface area (Å²) in [6.07, 6.45) is 6.36. The summed E-state index contributed by atoms with van der Waals surface area (Å²) >= 11 is 0. The van der Waals surface area contributed by atoms with Gasteiger partial charge in [0.15, 0.2) is 0 Å². The van der Waals surface area contributed by atoms with Gasteiger partial charge >= 0.3 is 0 Å². The highest BCUT2D eigenvalue weighted by atomic mass is 16.5. The van der Waals surface area contributed by atoms with Crippen LogP contribution in [0.4, 0.5) is 5.69 Å². The Kier molecular flexibility index (Phi) is 5.02. The number of aryl methyl sites for hydroxylation is 1. The van der Waals surface area contributed by atoms with Gasteiger partial charge in [0, 0.05) is 37.1 Å². The Labute approximate surface area is 114 Å². The van der Waals surface area contributed by atoms with Gasteiger partial charge in [0.25, 0.3) is 5.56 Å². The minimum Gasteiger partial charge on any atom is -0.383 e. The normalized spacial score (nSPS) is 16.5. The van der Waals surface area contributed by atoms with Crippen LogP contribution in [0.5, 0.6) is 0 Å². The molecule has 1 fully saturated rings. The van der Waals surface area contributed by atoms with Crippen LogP contribution in [0.15, 0.2) is 16.9 Å². The summed E-state index contributed by atoms with van der Waals surface area (Å²) in [5, 5.41) is 3.50. The summed E-state index contributed by atoms with van der Waals surface area (Å²) in [5.74, 6) is 0. The van der Waals surface area contributed by atoms with Crippen molar-refractivity contribution in [3.8, 4) is 0 Å². The third-order valence-electron chi connectivity index (χ3n) is 3.83. The molecule has 2 rings (SSSR count). The van der Waals surface area contributed by atoms with Crippen molar-refractivity contribution in [2.75, 3.05) is 19.0 Å². The van der Waals surface area contributed by atoms with Crippen molar-refractivity contribution in [1.82, 2.24) is 4.57 Å². The Bertz CT molecular complexity index is 462. The molecule has 0 bridgehead atoms. The molecule has 1 aromatic rings. The highest BCUT2D eigenvalue weighted by Gasteiger charge is 2.13. The van der Waals surface area contributed by atoms with Gasteiger partial charge in [-0.1, -0.05) is 19.3 Å². The number of nitrogens with one attached hydrogen (secondary N) is 1. The molecule has 0 aromatic carbocycles. The maximum atomic E-state index is 12.1. The van der Waals surface area contributed by atoms with Crippen molar-refractivity contribution in [2.24, 2.45) is 0 Å². The molecule has 0 unspecified atom stereocenters. The van der Waals surface area contributed by atoms with Crippen molar-refractivity contribution in [3.05, 3.63) is 28.2 Å². The summed E-state index contributed by atoms with van der Waals surface area (Å²) in [6.45, 7) is 3.16. The van der Waals surface area contributed by atoms with Gasteiger partial charge in [0.1, 0.15) is 0 Å². The van der Waals surface area contributed by atoms with Crippen LogP contribution in [-0.2, 0) is 11.3 Å². The molecular formula is C15H24N2O2. The molecular weight excluding hydrogens is 240 g/mol. The minimum absolute atomic E-state index is 0.0513. The van der Waals surface area contributed by atoms with Gasteiger partial charge in [-0.25, -0.2) is 0 Å². The second-order valence-corrected chi connectivity index (χ2v) is 5.35. The lowest BCUT2D eigenvalue weighted by Crippen LogP contribution is -2.27. The third-order valence-corrected chi connectivity index (χ3v) is 3.83. The van der Waals surface area contributed by atoms with Gasteiger partial charge in [-0.2, -0.15) is 0 Å². The van der Waals surface area contributed by atoms with E-state index < -0.39 is 0 Å². The van der Waals surface area contributed by atoms with E-state index in [4.69, 9.17) is 4.74 Å². The second-order valence-electron chi connectivity index (χ2n) is 5.35. The van der Waals surface area contributed by atoms with Crippen LogP contribution in [0.1, 0.15) is 37.8 Å². The van der Waals surface area contributed by atoms with Gasteiger partial charge in [-0.15, -0.1) is 0 Å². The van der Waals surface area contributed by atoms with Crippen molar-refractivity contribution in [1.29, 1.82) is 0 Å². The molecule has 4 heteroatoms. The van der Waals surface area contributed by atoms with Gasteiger partial charge in [0.2, 0.25) is 0 Å². The molecule has 106 valence electrons. The fourth-order valence-electron chi connectivity index (χ4n) is 2.76. The highest BCUT2D eigenvalue weighted by Crippen LogP contribution is 2.21. The summed E-state index contributed by atoms with van der Waals surface area (Å²) in [7, 11) is 1.65. The second kappa shape index (κ2) is 6.75. The first kappa shape index (κ1) is 14.1. The Morgan fingerprint density at radius 1 is 1.32 bits per heavy atom. The number of nitrogens with zero attached hydrogens (tertiary/aromatic N) is 1. The van der Waals surface area contributed by atoms with E-state index in [-0.39, 0.29) is 5.56 Å². The fraction of sp³-hybridized carbons (Fsp3) is 0.667. The van der Waals surface area contributed by atoms with E-state index in [0.29, 0.717) is 19.2 Å². The average molecular weight is 264 g/mol. The number of pyridine rings is 1. The van der Waals surface area contributed by atoms with Gasteiger partial charge in [-0.3, -0.25) is 4.79 Å². The molecule has 0 atom stereocenters. The first-order chi connectivity index (χ1) is 9.20. The summed E-state index contributed by atoms with van der Waals surface area (Å²) in [5.41, 5.74) is 2.00. The number of anilines is 1. The van der Waals surface area contributed by atoms with Crippen LogP contribution < -0.4 is 10.9 Å². The lowest BCUT2D eigenvalue weighted by Gasteiger charge is -2.24. The molecule has 4 nitrogen and oxygen atoms in total. The largest absolute Gasteiger partial charge is 0.383 e. The Hall–Kier alpha value is -1.29. The van der Waals surface area contributed by atoms with E-state index in [9.17, 15) is 4.79 Å². The van der Waals surface area contributed by atoms with E-state index >= 15 is 0 Å². The summed E-state index contributed by atoms with van der Waals surface area (Å²) in [6, 6.07) is 4.30. The smallest absolute Gasteiger partial charge is 0.252 e. The number of methoxy groups -OCH3 is 1. The molecule has 19 heavy (non-hydrogen) atoms. The van der Waals surface area contributed by atoms with E-state index in [2.05, 4.69) is 11.4 Å². The lowest BCUT2D eigenvalue weighted by atomic mass is 9.95. The minimum atomic E-state index is 0.0513. The average Bonchev–Trinajstić information content (AvgIpc) is 2.39. The molecule has 1 aromatic heterocycles. The molecule has 0 spiro atoms. The van der Waals surface area contributed by atoms with E-state index in [0.717, 1.165) is 11.4 Å². The quantitative estimate of drug-likeness (QED) is 0.888.